The largest absolute Gasteiger partial charge is 0.497 e. The Morgan fingerprint density at radius 2 is 1.58 bits per heavy atom. The summed E-state index contributed by atoms with van der Waals surface area (Å²) >= 11 is 6.01. The molecule has 2 aliphatic rings. The molecular formula is C27H23ClN2O3. The molecule has 6 heteroatoms. The second kappa shape index (κ2) is 8.75. The Morgan fingerprint density at radius 1 is 0.879 bits per heavy atom. The lowest BCUT2D eigenvalue weighted by Gasteiger charge is -2.31. The van der Waals surface area contributed by atoms with Gasteiger partial charge in [-0.25, -0.2) is 0 Å². The van der Waals surface area contributed by atoms with Gasteiger partial charge in [0.25, 0.3) is 11.8 Å². The molecule has 33 heavy (non-hydrogen) atoms. The molecule has 0 unspecified atom stereocenters. The SMILES string of the molecule is COc1ccc(C2=C(N3CCc4ccccc4C3)C(=O)N(Cc3ccc(Cl)cc3)C2=O)cc1. The number of imide groups is 1. The highest BCUT2D eigenvalue weighted by atomic mass is 35.5. The van der Waals surface area contributed by atoms with E-state index in [1.807, 2.05) is 53.4 Å². The van der Waals surface area contributed by atoms with Crippen molar-refractivity contribution in [2.45, 2.75) is 19.5 Å². The summed E-state index contributed by atoms with van der Waals surface area (Å²) in [6, 6.07) is 22.8. The van der Waals surface area contributed by atoms with E-state index in [9.17, 15) is 9.59 Å². The minimum absolute atomic E-state index is 0.197. The third-order valence-corrected chi connectivity index (χ3v) is 6.48. The van der Waals surface area contributed by atoms with Gasteiger partial charge in [0.05, 0.1) is 19.2 Å². The lowest BCUT2D eigenvalue weighted by atomic mass is 9.98. The summed E-state index contributed by atoms with van der Waals surface area (Å²) in [5.74, 6) is 0.150. The number of halogens is 1. The number of amides is 2. The van der Waals surface area contributed by atoms with Crippen molar-refractivity contribution in [3.63, 3.8) is 0 Å². The van der Waals surface area contributed by atoms with E-state index in [-0.39, 0.29) is 18.4 Å². The van der Waals surface area contributed by atoms with Gasteiger partial charge in [-0.2, -0.15) is 0 Å². The average molecular weight is 459 g/mol. The second-order valence-corrected chi connectivity index (χ2v) is 8.65. The number of fused-ring (bicyclic) bond motifs is 1. The van der Waals surface area contributed by atoms with Gasteiger partial charge in [0.15, 0.2) is 0 Å². The fraction of sp³-hybridized carbons (Fsp3) is 0.185. The highest BCUT2D eigenvalue weighted by Gasteiger charge is 2.42. The van der Waals surface area contributed by atoms with Crippen molar-refractivity contribution in [2.75, 3.05) is 13.7 Å². The minimum atomic E-state index is -0.283. The van der Waals surface area contributed by atoms with Gasteiger partial charge < -0.3 is 9.64 Å². The maximum Gasteiger partial charge on any atom is 0.278 e. The minimum Gasteiger partial charge on any atom is -0.497 e. The molecule has 0 fully saturated rings. The maximum atomic E-state index is 13.7. The molecule has 0 bridgehead atoms. The smallest absolute Gasteiger partial charge is 0.278 e. The highest BCUT2D eigenvalue weighted by molar-refractivity contribution is 6.35. The summed E-state index contributed by atoms with van der Waals surface area (Å²) in [5.41, 5.74) is 4.93. The monoisotopic (exact) mass is 458 g/mol. The Morgan fingerprint density at radius 3 is 2.27 bits per heavy atom. The molecule has 0 N–H and O–H groups in total. The van der Waals surface area contributed by atoms with Gasteiger partial charge in [-0.15, -0.1) is 0 Å². The van der Waals surface area contributed by atoms with Crippen LogP contribution in [0.5, 0.6) is 5.75 Å². The van der Waals surface area contributed by atoms with Gasteiger partial charge >= 0.3 is 0 Å². The van der Waals surface area contributed by atoms with Crippen LogP contribution < -0.4 is 4.74 Å². The first-order valence-electron chi connectivity index (χ1n) is 10.9. The molecule has 3 aromatic carbocycles. The van der Waals surface area contributed by atoms with Crippen molar-refractivity contribution in [1.82, 2.24) is 9.80 Å². The lowest BCUT2D eigenvalue weighted by Crippen LogP contribution is -2.37. The predicted octanol–water partition coefficient (Wildman–Crippen LogP) is 4.69. The van der Waals surface area contributed by atoms with Gasteiger partial charge in [-0.05, 0) is 52.9 Å². The molecule has 0 saturated heterocycles. The Kier molecular flexibility index (Phi) is 5.65. The summed E-state index contributed by atoms with van der Waals surface area (Å²) in [6.45, 7) is 1.47. The van der Waals surface area contributed by atoms with Crippen LogP contribution in [0.15, 0.2) is 78.5 Å². The fourth-order valence-electron chi connectivity index (χ4n) is 4.48. The molecule has 0 aromatic heterocycles. The predicted molar refractivity (Wildman–Crippen MR) is 127 cm³/mol. The summed E-state index contributed by atoms with van der Waals surface area (Å²) in [6.07, 6.45) is 0.828. The Balaban J connectivity index is 1.54. The molecule has 5 nitrogen and oxygen atoms in total. The van der Waals surface area contributed by atoms with E-state index in [1.165, 1.54) is 16.0 Å². The van der Waals surface area contributed by atoms with E-state index in [1.54, 1.807) is 19.2 Å². The molecular weight excluding hydrogens is 436 g/mol. The van der Waals surface area contributed by atoms with E-state index >= 15 is 0 Å². The van der Waals surface area contributed by atoms with Crippen LogP contribution in [0.4, 0.5) is 0 Å². The molecule has 166 valence electrons. The molecule has 2 heterocycles. The Labute approximate surface area is 197 Å². The van der Waals surface area contributed by atoms with Crippen LogP contribution in [0.1, 0.15) is 22.3 Å². The van der Waals surface area contributed by atoms with Gasteiger partial charge in [0, 0.05) is 18.1 Å². The zero-order valence-electron chi connectivity index (χ0n) is 18.3. The van der Waals surface area contributed by atoms with Crippen LogP contribution in [-0.4, -0.2) is 35.3 Å². The van der Waals surface area contributed by atoms with Gasteiger partial charge in [0.2, 0.25) is 0 Å². The number of nitrogens with zero attached hydrogens (tertiary/aromatic N) is 2. The van der Waals surface area contributed by atoms with Crippen LogP contribution in [0.25, 0.3) is 5.57 Å². The number of rotatable bonds is 5. The topological polar surface area (TPSA) is 49.9 Å². The van der Waals surface area contributed by atoms with Crippen molar-refractivity contribution in [3.8, 4) is 5.75 Å². The van der Waals surface area contributed by atoms with Crippen LogP contribution in [0, 0.1) is 0 Å². The normalized spacial score (nSPS) is 15.8. The number of hydrogen-bond acceptors (Lipinski definition) is 4. The Hall–Kier alpha value is -3.57. The molecule has 2 amide bonds. The van der Waals surface area contributed by atoms with Crippen molar-refractivity contribution >= 4 is 29.0 Å². The van der Waals surface area contributed by atoms with E-state index in [0.29, 0.717) is 40.7 Å². The van der Waals surface area contributed by atoms with E-state index in [0.717, 1.165) is 12.0 Å². The first-order valence-corrected chi connectivity index (χ1v) is 11.2. The summed E-state index contributed by atoms with van der Waals surface area (Å²) in [5, 5.41) is 0.613. The third kappa shape index (κ3) is 4.00. The molecule has 0 saturated carbocycles. The second-order valence-electron chi connectivity index (χ2n) is 8.22. The van der Waals surface area contributed by atoms with E-state index in [4.69, 9.17) is 16.3 Å². The average Bonchev–Trinajstić information content (AvgIpc) is 3.10. The van der Waals surface area contributed by atoms with Crippen molar-refractivity contribution < 1.29 is 14.3 Å². The summed E-state index contributed by atoms with van der Waals surface area (Å²) in [7, 11) is 1.60. The zero-order valence-corrected chi connectivity index (χ0v) is 19.0. The Bertz CT molecular complexity index is 1250. The first-order chi connectivity index (χ1) is 16.0. The molecule has 0 radical (unpaired) electrons. The number of ether oxygens (including phenoxy) is 1. The lowest BCUT2D eigenvalue weighted by molar-refractivity contribution is -0.138. The van der Waals surface area contributed by atoms with Crippen LogP contribution in [0.3, 0.4) is 0 Å². The zero-order chi connectivity index (χ0) is 22.9. The quantitative estimate of drug-likeness (QED) is 0.520. The van der Waals surface area contributed by atoms with Gasteiger partial charge in [-0.3, -0.25) is 14.5 Å². The summed E-state index contributed by atoms with van der Waals surface area (Å²) < 4.78 is 5.27. The van der Waals surface area contributed by atoms with Crippen LogP contribution in [-0.2, 0) is 29.1 Å². The van der Waals surface area contributed by atoms with Crippen molar-refractivity contribution in [3.05, 3.63) is 106 Å². The molecule has 0 spiro atoms. The van der Waals surface area contributed by atoms with Crippen molar-refractivity contribution in [1.29, 1.82) is 0 Å². The van der Waals surface area contributed by atoms with E-state index in [2.05, 4.69) is 12.1 Å². The fourth-order valence-corrected chi connectivity index (χ4v) is 4.60. The molecule has 0 aliphatic carbocycles. The summed E-state index contributed by atoms with van der Waals surface area (Å²) in [4.78, 5) is 30.6. The molecule has 5 rings (SSSR count). The van der Waals surface area contributed by atoms with Gasteiger partial charge in [0.1, 0.15) is 11.4 Å². The standard InChI is InChI=1S/C27H23ClN2O3/c1-33-23-12-8-20(9-13-23)24-25(29-15-14-19-4-2-3-5-21(19)17-29)27(32)30(26(24)31)16-18-6-10-22(28)11-7-18/h2-13H,14-17H2,1H3. The molecule has 3 aromatic rings. The first kappa shape index (κ1) is 21.3. The number of methoxy groups -OCH3 is 1. The van der Waals surface area contributed by atoms with Crippen molar-refractivity contribution in [2.24, 2.45) is 0 Å². The maximum absolute atomic E-state index is 13.7. The molecule has 2 aliphatic heterocycles. The molecule has 0 atom stereocenters. The van der Waals surface area contributed by atoms with Crippen LogP contribution in [0.2, 0.25) is 5.02 Å². The number of benzene rings is 3. The number of carbonyl (C=O) groups excluding carboxylic acids is 2. The highest BCUT2D eigenvalue weighted by Crippen LogP contribution is 2.35. The van der Waals surface area contributed by atoms with Crippen LogP contribution >= 0.6 is 11.6 Å². The van der Waals surface area contributed by atoms with E-state index < -0.39 is 0 Å². The third-order valence-electron chi connectivity index (χ3n) is 6.22. The number of hydrogen-bond donors (Lipinski definition) is 0. The van der Waals surface area contributed by atoms with Gasteiger partial charge in [-0.1, -0.05) is 60.1 Å². The number of carbonyl (C=O) groups is 2.